The second-order valence-electron chi connectivity index (χ2n) is 4.67. The van der Waals surface area contributed by atoms with Crippen molar-refractivity contribution in [1.82, 2.24) is 5.32 Å². The molecule has 0 aliphatic carbocycles. The van der Waals surface area contributed by atoms with Gasteiger partial charge in [-0.2, -0.15) is 0 Å². The monoisotopic (exact) mass is 248 g/mol. The van der Waals surface area contributed by atoms with Crippen LogP contribution in [0.1, 0.15) is 31.4 Å². The van der Waals surface area contributed by atoms with Crippen LogP contribution in [0.2, 0.25) is 0 Å². The number of carbonyl (C=O) groups excluding carboxylic acids is 2. The first-order chi connectivity index (χ1) is 8.44. The third kappa shape index (κ3) is 2.88. The van der Waals surface area contributed by atoms with E-state index in [4.69, 9.17) is 0 Å². The molecule has 4 heteroatoms. The van der Waals surface area contributed by atoms with Crippen LogP contribution in [0.3, 0.4) is 0 Å². The minimum absolute atomic E-state index is 0.200. The summed E-state index contributed by atoms with van der Waals surface area (Å²) in [6, 6.07) is 5.83. The molecule has 98 valence electrons. The van der Waals surface area contributed by atoms with Crippen molar-refractivity contribution in [2.24, 2.45) is 0 Å². The normalized spacial score (nSPS) is 13.6. The summed E-state index contributed by atoms with van der Waals surface area (Å²) in [5, 5.41) is 5.47. The average Bonchev–Trinajstić information content (AvgIpc) is 2.34. The highest BCUT2D eigenvalue weighted by atomic mass is 16.2. The number of aryl methyl sites for hydroxylation is 2. The van der Waals surface area contributed by atoms with Crippen molar-refractivity contribution < 1.29 is 9.59 Å². The maximum atomic E-state index is 12.2. The zero-order valence-electron chi connectivity index (χ0n) is 11.3. The number of benzene rings is 1. The van der Waals surface area contributed by atoms with Crippen LogP contribution >= 0.6 is 0 Å². The summed E-state index contributed by atoms with van der Waals surface area (Å²) < 4.78 is 0. The van der Waals surface area contributed by atoms with Crippen LogP contribution in [0, 0.1) is 13.8 Å². The lowest BCUT2D eigenvalue weighted by molar-refractivity contribution is -0.125. The summed E-state index contributed by atoms with van der Waals surface area (Å²) in [7, 11) is 0. The van der Waals surface area contributed by atoms with Gasteiger partial charge < -0.3 is 10.6 Å². The second kappa shape index (κ2) is 5.67. The van der Waals surface area contributed by atoms with E-state index in [9.17, 15) is 9.59 Å². The van der Waals surface area contributed by atoms with E-state index < -0.39 is 5.54 Å². The number of para-hydroxylation sites is 1. The van der Waals surface area contributed by atoms with Crippen molar-refractivity contribution in [2.45, 2.75) is 39.7 Å². The van der Waals surface area contributed by atoms with Crippen molar-refractivity contribution >= 4 is 18.0 Å². The van der Waals surface area contributed by atoms with Gasteiger partial charge in [0, 0.05) is 5.69 Å². The SMILES string of the molecule is CC[C@](C)(NC=O)C(=O)Nc1c(C)cccc1C. The lowest BCUT2D eigenvalue weighted by Gasteiger charge is -2.27. The minimum Gasteiger partial charge on any atom is -0.345 e. The molecular formula is C14H20N2O2. The fourth-order valence-corrected chi connectivity index (χ4v) is 1.72. The van der Waals surface area contributed by atoms with E-state index in [1.807, 2.05) is 39.0 Å². The smallest absolute Gasteiger partial charge is 0.249 e. The average molecular weight is 248 g/mol. The summed E-state index contributed by atoms with van der Waals surface area (Å²) in [4.78, 5) is 22.8. The highest BCUT2D eigenvalue weighted by Gasteiger charge is 2.30. The predicted octanol–water partition coefficient (Wildman–Crippen LogP) is 2.16. The van der Waals surface area contributed by atoms with Crippen molar-refractivity contribution in [3.05, 3.63) is 29.3 Å². The van der Waals surface area contributed by atoms with Crippen LogP contribution in [0.4, 0.5) is 5.69 Å². The van der Waals surface area contributed by atoms with E-state index in [1.54, 1.807) is 6.92 Å². The first-order valence-corrected chi connectivity index (χ1v) is 6.03. The van der Waals surface area contributed by atoms with Gasteiger partial charge in [0.05, 0.1) is 0 Å². The summed E-state index contributed by atoms with van der Waals surface area (Å²) in [6.07, 6.45) is 1.09. The van der Waals surface area contributed by atoms with Crippen molar-refractivity contribution in [1.29, 1.82) is 0 Å². The third-order valence-electron chi connectivity index (χ3n) is 3.31. The molecule has 1 atom stereocenters. The Labute approximate surface area is 108 Å². The number of carbonyl (C=O) groups is 2. The van der Waals surface area contributed by atoms with Gasteiger partial charge in [0.1, 0.15) is 5.54 Å². The molecule has 0 aromatic heterocycles. The number of rotatable bonds is 5. The Morgan fingerprint density at radius 1 is 1.33 bits per heavy atom. The Hall–Kier alpha value is -1.84. The Morgan fingerprint density at radius 2 is 1.89 bits per heavy atom. The molecule has 0 spiro atoms. The maximum absolute atomic E-state index is 12.2. The minimum atomic E-state index is -0.879. The molecule has 0 unspecified atom stereocenters. The highest BCUT2D eigenvalue weighted by Crippen LogP contribution is 2.21. The van der Waals surface area contributed by atoms with Gasteiger partial charge in [-0.3, -0.25) is 9.59 Å². The third-order valence-corrected chi connectivity index (χ3v) is 3.31. The quantitative estimate of drug-likeness (QED) is 0.784. The molecule has 0 saturated heterocycles. The fourth-order valence-electron chi connectivity index (χ4n) is 1.72. The van der Waals surface area contributed by atoms with Gasteiger partial charge in [0.25, 0.3) is 0 Å². The van der Waals surface area contributed by atoms with Crippen LogP contribution in [0.5, 0.6) is 0 Å². The Morgan fingerprint density at radius 3 is 2.33 bits per heavy atom. The zero-order chi connectivity index (χ0) is 13.8. The van der Waals surface area contributed by atoms with Crippen LogP contribution in [0.25, 0.3) is 0 Å². The van der Waals surface area contributed by atoms with Gasteiger partial charge in [-0.15, -0.1) is 0 Å². The summed E-state index contributed by atoms with van der Waals surface area (Å²) in [5.74, 6) is -0.200. The van der Waals surface area contributed by atoms with E-state index in [-0.39, 0.29) is 5.91 Å². The maximum Gasteiger partial charge on any atom is 0.249 e. The predicted molar refractivity (Wildman–Crippen MR) is 72.4 cm³/mol. The lowest BCUT2D eigenvalue weighted by Crippen LogP contribution is -2.51. The molecule has 18 heavy (non-hydrogen) atoms. The van der Waals surface area contributed by atoms with Gasteiger partial charge in [-0.25, -0.2) is 0 Å². The lowest BCUT2D eigenvalue weighted by atomic mass is 9.97. The summed E-state index contributed by atoms with van der Waals surface area (Å²) in [5.41, 5.74) is 1.95. The number of nitrogens with one attached hydrogen (secondary N) is 2. The fraction of sp³-hybridized carbons (Fsp3) is 0.429. The highest BCUT2D eigenvalue weighted by molar-refractivity contribution is 5.99. The molecule has 4 nitrogen and oxygen atoms in total. The zero-order valence-corrected chi connectivity index (χ0v) is 11.3. The molecule has 0 saturated carbocycles. The van der Waals surface area contributed by atoms with Crippen LogP contribution in [-0.4, -0.2) is 17.9 Å². The van der Waals surface area contributed by atoms with Gasteiger partial charge in [0.2, 0.25) is 12.3 Å². The first kappa shape index (κ1) is 14.2. The van der Waals surface area contributed by atoms with E-state index in [2.05, 4.69) is 10.6 Å². The van der Waals surface area contributed by atoms with Gasteiger partial charge in [-0.05, 0) is 38.3 Å². The molecule has 0 aliphatic rings. The Balaban J connectivity index is 2.97. The molecule has 0 fully saturated rings. The Bertz CT molecular complexity index is 437. The number of hydrogen-bond acceptors (Lipinski definition) is 2. The molecular weight excluding hydrogens is 228 g/mol. The van der Waals surface area contributed by atoms with Crippen LogP contribution < -0.4 is 10.6 Å². The van der Waals surface area contributed by atoms with E-state index in [1.165, 1.54) is 0 Å². The molecule has 2 N–H and O–H groups in total. The van der Waals surface area contributed by atoms with Crippen molar-refractivity contribution in [3.63, 3.8) is 0 Å². The first-order valence-electron chi connectivity index (χ1n) is 6.03. The van der Waals surface area contributed by atoms with Gasteiger partial charge in [-0.1, -0.05) is 25.1 Å². The number of anilines is 1. The van der Waals surface area contributed by atoms with Gasteiger partial charge >= 0.3 is 0 Å². The number of amides is 2. The van der Waals surface area contributed by atoms with Gasteiger partial charge in [0.15, 0.2) is 0 Å². The number of hydrogen-bond donors (Lipinski definition) is 2. The molecule has 2 amide bonds. The van der Waals surface area contributed by atoms with Crippen LogP contribution in [-0.2, 0) is 9.59 Å². The van der Waals surface area contributed by atoms with Crippen LogP contribution in [0.15, 0.2) is 18.2 Å². The molecule has 0 radical (unpaired) electrons. The van der Waals surface area contributed by atoms with E-state index in [0.717, 1.165) is 16.8 Å². The molecule has 1 aromatic rings. The van der Waals surface area contributed by atoms with E-state index in [0.29, 0.717) is 12.8 Å². The molecule has 0 bridgehead atoms. The van der Waals surface area contributed by atoms with Crippen molar-refractivity contribution in [2.75, 3.05) is 5.32 Å². The van der Waals surface area contributed by atoms with Crippen molar-refractivity contribution in [3.8, 4) is 0 Å². The summed E-state index contributed by atoms with van der Waals surface area (Å²) >= 11 is 0. The summed E-state index contributed by atoms with van der Waals surface area (Å²) in [6.45, 7) is 7.46. The molecule has 1 rings (SSSR count). The molecule has 0 aliphatic heterocycles. The molecule has 1 aromatic carbocycles. The largest absolute Gasteiger partial charge is 0.345 e. The topological polar surface area (TPSA) is 58.2 Å². The second-order valence-corrected chi connectivity index (χ2v) is 4.67. The Kier molecular flexibility index (Phi) is 4.48. The molecule has 0 heterocycles. The van der Waals surface area contributed by atoms with E-state index >= 15 is 0 Å². The standard InChI is InChI=1S/C14H20N2O2/c1-5-14(4,15-9-17)13(18)16-12-10(2)7-6-8-11(12)3/h6-9H,5H2,1-4H3,(H,15,17)(H,16,18)/t14-/m0/s1.